The zero-order valence-electron chi connectivity index (χ0n) is 22.6. The van der Waals surface area contributed by atoms with E-state index >= 15 is 0 Å². The summed E-state index contributed by atoms with van der Waals surface area (Å²) in [4.78, 5) is 13.6. The van der Waals surface area contributed by atoms with E-state index in [1.54, 1.807) is 11.3 Å². The number of nitrogens with zero attached hydrogens (tertiary/aromatic N) is 7. The van der Waals surface area contributed by atoms with Gasteiger partial charge in [-0.1, -0.05) is 5.16 Å². The van der Waals surface area contributed by atoms with Gasteiger partial charge in [-0.15, -0.1) is 11.3 Å². The third kappa shape index (κ3) is 3.47. The summed E-state index contributed by atoms with van der Waals surface area (Å²) in [6.07, 6.45) is 9.86. The summed E-state index contributed by atoms with van der Waals surface area (Å²) in [5, 5.41) is 24.1. The first-order chi connectivity index (χ1) is 19.0. The second-order valence-corrected chi connectivity index (χ2v) is 12.4. The van der Waals surface area contributed by atoms with Gasteiger partial charge in [-0.3, -0.25) is 0 Å². The maximum Gasteiger partial charge on any atom is 0.186 e. The normalized spacial score (nSPS) is 23.6. The molecule has 4 aromatic heterocycles. The number of aromatic nitrogens is 5. The second-order valence-electron chi connectivity index (χ2n) is 11.3. The van der Waals surface area contributed by atoms with Gasteiger partial charge in [0, 0.05) is 23.5 Å². The highest BCUT2D eigenvalue weighted by molar-refractivity contribution is 7.16. The average molecular weight is 544 g/mol. The minimum Gasteiger partial charge on any atom is -0.389 e. The van der Waals surface area contributed by atoms with Crippen LogP contribution in [0.5, 0.6) is 0 Å². The molecule has 39 heavy (non-hydrogen) atoms. The molecule has 3 atom stereocenters. The molecule has 0 bridgehead atoms. The fourth-order valence-electron chi connectivity index (χ4n) is 7.45. The third-order valence-corrected chi connectivity index (χ3v) is 10.4. The standard InChI is InChI=1S/C28H33N9OS/c1-15(19-8-6-12-36(19)3)37-27-18(14-32-37)25(31-2)33-26(34-27)22-16-7-4-10-28(23(16)38-35-22)11-5-9-20-21(28)17(13-29)24(30)39-20/h14-15,19H,4-12,30H2,1-3H3,(H,31,33,34). The van der Waals surface area contributed by atoms with E-state index in [2.05, 4.69) is 35.4 Å². The molecule has 0 saturated carbocycles. The van der Waals surface area contributed by atoms with Crippen molar-refractivity contribution >= 4 is 33.2 Å². The summed E-state index contributed by atoms with van der Waals surface area (Å²) in [7, 11) is 4.06. The van der Waals surface area contributed by atoms with E-state index in [1.807, 2.05) is 17.9 Å². The van der Waals surface area contributed by atoms with Crippen molar-refractivity contribution in [2.75, 3.05) is 31.7 Å². The number of rotatable bonds is 4. The van der Waals surface area contributed by atoms with Crippen LogP contribution in [0.3, 0.4) is 0 Å². The molecule has 10 nitrogen and oxygen atoms in total. The molecular weight excluding hydrogens is 510 g/mol. The second kappa shape index (κ2) is 9.03. The first-order valence-electron chi connectivity index (χ1n) is 13.9. The molecule has 3 unspecified atom stereocenters. The summed E-state index contributed by atoms with van der Waals surface area (Å²) in [6, 6.07) is 2.98. The minimum atomic E-state index is -0.370. The quantitative estimate of drug-likeness (QED) is 0.377. The third-order valence-electron chi connectivity index (χ3n) is 9.28. The zero-order valence-corrected chi connectivity index (χ0v) is 23.4. The molecule has 7 rings (SSSR count). The number of likely N-dealkylation sites (N-methyl/N-ethyl adjacent to an activating group) is 1. The number of hydrogen-bond acceptors (Lipinski definition) is 10. The number of thiophene rings is 1. The number of hydrogen-bond donors (Lipinski definition) is 2. The van der Waals surface area contributed by atoms with Gasteiger partial charge in [-0.25, -0.2) is 14.6 Å². The van der Waals surface area contributed by atoms with Gasteiger partial charge in [0.1, 0.15) is 16.9 Å². The van der Waals surface area contributed by atoms with Crippen LogP contribution in [0.2, 0.25) is 0 Å². The van der Waals surface area contributed by atoms with Crippen molar-refractivity contribution in [3.8, 4) is 17.6 Å². The van der Waals surface area contributed by atoms with Crippen LogP contribution in [0.15, 0.2) is 10.7 Å². The Balaban J connectivity index is 1.37. The Morgan fingerprint density at radius 1 is 1.26 bits per heavy atom. The summed E-state index contributed by atoms with van der Waals surface area (Å²) in [6.45, 7) is 3.33. The summed E-state index contributed by atoms with van der Waals surface area (Å²) >= 11 is 1.56. The number of fused-ring (bicyclic) bond motifs is 5. The molecule has 0 amide bonds. The molecule has 3 aliphatic rings. The first kappa shape index (κ1) is 24.5. The highest BCUT2D eigenvalue weighted by Crippen LogP contribution is 2.55. The lowest BCUT2D eigenvalue weighted by molar-refractivity contribution is 0.232. The number of nitriles is 1. The molecule has 1 spiro atoms. The van der Waals surface area contributed by atoms with E-state index in [1.165, 1.54) is 11.3 Å². The molecule has 2 aliphatic carbocycles. The number of aryl methyl sites for hydroxylation is 1. The van der Waals surface area contributed by atoms with Gasteiger partial charge in [0.05, 0.1) is 28.6 Å². The fraction of sp³-hybridized carbons (Fsp3) is 0.536. The SMILES string of the molecule is CNc1nc(-c2noc3c2CCCC32CCCc3sc(N)c(C#N)c32)nc2c1cnn2C(C)C1CCCN1C. The topological polar surface area (TPSA) is 135 Å². The van der Waals surface area contributed by atoms with Crippen molar-refractivity contribution in [1.29, 1.82) is 5.26 Å². The van der Waals surface area contributed by atoms with Crippen molar-refractivity contribution in [1.82, 2.24) is 29.8 Å². The van der Waals surface area contributed by atoms with E-state index in [-0.39, 0.29) is 11.5 Å². The van der Waals surface area contributed by atoms with Crippen molar-refractivity contribution < 1.29 is 4.52 Å². The number of likely N-dealkylation sites (tertiary alicyclic amines) is 1. The molecule has 0 aromatic carbocycles. The van der Waals surface area contributed by atoms with Crippen LogP contribution >= 0.6 is 11.3 Å². The molecule has 0 radical (unpaired) electrons. The van der Waals surface area contributed by atoms with Crippen molar-refractivity contribution in [3.05, 3.63) is 33.5 Å². The highest BCUT2D eigenvalue weighted by Gasteiger charge is 2.48. The fourth-order valence-corrected chi connectivity index (χ4v) is 8.61. The van der Waals surface area contributed by atoms with Crippen LogP contribution in [0.1, 0.15) is 78.8 Å². The maximum atomic E-state index is 10.0. The Bertz CT molecular complexity index is 1620. The molecule has 1 saturated heterocycles. The molecule has 1 fully saturated rings. The van der Waals surface area contributed by atoms with Crippen molar-refractivity contribution in [3.63, 3.8) is 0 Å². The van der Waals surface area contributed by atoms with E-state index in [9.17, 15) is 5.26 Å². The number of nitrogen functional groups attached to an aromatic ring is 1. The number of anilines is 2. The largest absolute Gasteiger partial charge is 0.389 e. The zero-order chi connectivity index (χ0) is 26.9. The van der Waals surface area contributed by atoms with Crippen LogP contribution in [0, 0.1) is 11.3 Å². The monoisotopic (exact) mass is 543 g/mol. The van der Waals surface area contributed by atoms with Gasteiger partial charge in [0.15, 0.2) is 22.9 Å². The summed E-state index contributed by atoms with van der Waals surface area (Å²) < 4.78 is 8.26. The Hall–Kier alpha value is -3.49. The van der Waals surface area contributed by atoms with Gasteiger partial charge < -0.3 is 20.5 Å². The molecule has 3 N–H and O–H groups in total. The Morgan fingerprint density at radius 2 is 2.08 bits per heavy atom. The molecular formula is C28H33N9OS. The lowest BCUT2D eigenvalue weighted by Gasteiger charge is -2.39. The van der Waals surface area contributed by atoms with Crippen LogP contribution in [-0.4, -0.2) is 56.5 Å². The van der Waals surface area contributed by atoms with E-state index < -0.39 is 0 Å². The van der Waals surface area contributed by atoms with Gasteiger partial charge in [0.25, 0.3) is 0 Å². The van der Waals surface area contributed by atoms with E-state index in [0.717, 1.165) is 85.2 Å². The summed E-state index contributed by atoms with van der Waals surface area (Å²) in [5.41, 5.74) is 10.2. The lowest BCUT2D eigenvalue weighted by Crippen LogP contribution is -2.35. The predicted octanol–water partition coefficient (Wildman–Crippen LogP) is 4.65. The molecule has 202 valence electrons. The Labute approximate surface area is 231 Å². The van der Waals surface area contributed by atoms with Crippen LogP contribution in [0.4, 0.5) is 10.8 Å². The molecule has 11 heteroatoms. The number of nitrogens with two attached hydrogens (primary N) is 1. The molecule has 5 heterocycles. The van der Waals surface area contributed by atoms with Gasteiger partial charge >= 0.3 is 0 Å². The van der Waals surface area contributed by atoms with Gasteiger partial charge in [-0.2, -0.15) is 10.4 Å². The summed E-state index contributed by atoms with van der Waals surface area (Å²) in [5.74, 6) is 2.14. The first-order valence-corrected chi connectivity index (χ1v) is 14.7. The van der Waals surface area contributed by atoms with Gasteiger partial charge in [0.2, 0.25) is 0 Å². The average Bonchev–Trinajstić information content (AvgIpc) is 3.72. The van der Waals surface area contributed by atoms with Gasteiger partial charge in [-0.05, 0) is 77.4 Å². The minimum absolute atomic E-state index is 0.172. The van der Waals surface area contributed by atoms with E-state index in [4.69, 9.17) is 25.3 Å². The Kier molecular flexibility index (Phi) is 5.68. The molecule has 1 aliphatic heterocycles. The highest BCUT2D eigenvalue weighted by atomic mass is 32.1. The van der Waals surface area contributed by atoms with Crippen molar-refractivity contribution in [2.24, 2.45) is 0 Å². The number of nitrogens with one attached hydrogen (secondary N) is 1. The molecule has 4 aromatic rings. The van der Waals surface area contributed by atoms with Crippen molar-refractivity contribution in [2.45, 2.75) is 75.8 Å². The van der Waals surface area contributed by atoms with Crippen LogP contribution < -0.4 is 11.1 Å². The lowest BCUT2D eigenvalue weighted by atomic mass is 9.63. The maximum absolute atomic E-state index is 10.0. The Morgan fingerprint density at radius 3 is 2.82 bits per heavy atom. The van der Waals surface area contributed by atoms with Crippen LogP contribution in [-0.2, 0) is 18.3 Å². The predicted molar refractivity (Wildman–Crippen MR) is 151 cm³/mol. The van der Waals surface area contributed by atoms with E-state index in [0.29, 0.717) is 28.1 Å². The smallest absolute Gasteiger partial charge is 0.186 e. The van der Waals surface area contributed by atoms with Crippen LogP contribution in [0.25, 0.3) is 22.6 Å².